The highest BCUT2D eigenvalue weighted by Crippen LogP contribution is 2.17. The zero-order valence-electron chi connectivity index (χ0n) is 10.6. The second-order valence-corrected chi connectivity index (χ2v) is 4.72. The van der Waals surface area contributed by atoms with Gasteiger partial charge >= 0.3 is 5.97 Å². The van der Waals surface area contributed by atoms with Gasteiger partial charge in [0.05, 0.1) is 13.2 Å². The lowest BCUT2D eigenvalue weighted by Crippen LogP contribution is -2.49. The fourth-order valence-electron chi connectivity index (χ4n) is 1.82. The first kappa shape index (κ1) is 14.6. The molecule has 108 valence electrons. The van der Waals surface area contributed by atoms with Gasteiger partial charge in [-0.15, -0.1) is 0 Å². The van der Waals surface area contributed by atoms with Crippen molar-refractivity contribution < 1.29 is 24.2 Å². The number of carbonyl (C=O) groups is 2. The minimum atomic E-state index is -1.07. The van der Waals surface area contributed by atoms with Gasteiger partial charge in [-0.3, -0.25) is 4.79 Å². The molecule has 1 atom stereocenters. The standard InChI is InChI=1S/C13H14ClNO5/c14-9-2-1-3-10(6-9)20-8-12(16)15-4-5-19-11(7-15)13(17)18/h1-3,6,11H,4-5,7-8H2,(H,17,18). The minimum Gasteiger partial charge on any atom is -0.484 e. The van der Waals surface area contributed by atoms with Crippen LogP contribution in [0, 0.1) is 0 Å². The number of carboxylic acid groups (broad SMARTS) is 1. The number of benzene rings is 1. The molecule has 0 saturated carbocycles. The van der Waals surface area contributed by atoms with Crippen LogP contribution < -0.4 is 4.74 Å². The van der Waals surface area contributed by atoms with E-state index in [1.807, 2.05) is 0 Å². The third kappa shape index (κ3) is 3.85. The molecule has 1 unspecified atom stereocenters. The van der Waals surface area contributed by atoms with Crippen molar-refractivity contribution in [2.45, 2.75) is 6.10 Å². The molecule has 1 aliphatic rings. The first-order valence-electron chi connectivity index (χ1n) is 6.07. The maximum Gasteiger partial charge on any atom is 0.334 e. The highest BCUT2D eigenvalue weighted by atomic mass is 35.5. The molecule has 6 nitrogen and oxygen atoms in total. The van der Waals surface area contributed by atoms with Gasteiger partial charge in [-0.05, 0) is 18.2 Å². The largest absolute Gasteiger partial charge is 0.484 e. The van der Waals surface area contributed by atoms with Gasteiger partial charge in [-0.1, -0.05) is 17.7 Å². The lowest BCUT2D eigenvalue weighted by molar-refractivity contribution is -0.159. The molecule has 1 amide bonds. The summed E-state index contributed by atoms with van der Waals surface area (Å²) in [5, 5.41) is 9.39. The van der Waals surface area contributed by atoms with Crippen molar-refractivity contribution in [1.29, 1.82) is 0 Å². The second-order valence-electron chi connectivity index (χ2n) is 4.28. The van der Waals surface area contributed by atoms with Crippen LogP contribution in [0.1, 0.15) is 0 Å². The van der Waals surface area contributed by atoms with Crippen LogP contribution in [-0.2, 0) is 14.3 Å². The van der Waals surface area contributed by atoms with Crippen LogP contribution in [-0.4, -0.2) is 54.3 Å². The Labute approximate surface area is 120 Å². The molecule has 1 aromatic carbocycles. The van der Waals surface area contributed by atoms with E-state index in [9.17, 15) is 9.59 Å². The van der Waals surface area contributed by atoms with Crippen LogP contribution >= 0.6 is 11.6 Å². The monoisotopic (exact) mass is 299 g/mol. The summed E-state index contributed by atoms with van der Waals surface area (Å²) in [6.07, 6.45) is -0.973. The molecule has 1 aromatic rings. The zero-order chi connectivity index (χ0) is 14.5. The molecule has 2 rings (SSSR count). The highest BCUT2D eigenvalue weighted by Gasteiger charge is 2.28. The Morgan fingerprint density at radius 3 is 3.00 bits per heavy atom. The molecule has 0 spiro atoms. The average molecular weight is 300 g/mol. The van der Waals surface area contributed by atoms with E-state index in [2.05, 4.69) is 0 Å². The van der Waals surface area contributed by atoms with Crippen molar-refractivity contribution in [2.24, 2.45) is 0 Å². The number of carbonyl (C=O) groups excluding carboxylic acids is 1. The van der Waals surface area contributed by atoms with E-state index in [0.29, 0.717) is 17.3 Å². The van der Waals surface area contributed by atoms with Crippen molar-refractivity contribution >= 4 is 23.5 Å². The summed E-state index contributed by atoms with van der Waals surface area (Å²) in [5.41, 5.74) is 0. The van der Waals surface area contributed by atoms with Crippen molar-refractivity contribution in [2.75, 3.05) is 26.3 Å². The minimum absolute atomic E-state index is 0.0348. The SMILES string of the molecule is O=C(O)C1CN(C(=O)COc2cccc(Cl)c2)CCO1. The van der Waals surface area contributed by atoms with E-state index in [1.165, 1.54) is 4.90 Å². The molecule has 7 heteroatoms. The maximum absolute atomic E-state index is 11.9. The highest BCUT2D eigenvalue weighted by molar-refractivity contribution is 6.30. The molecule has 1 aliphatic heterocycles. The molecular formula is C13H14ClNO5. The van der Waals surface area contributed by atoms with Gasteiger partial charge < -0.3 is 19.5 Å². The number of nitrogens with zero attached hydrogens (tertiary/aromatic N) is 1. The molecule has 0 radical (unpaired) electrons. The Bertz CT molecular complexity index is 507. The summed E-state index contributed by atoms with van der Waals surface area (Å²) in [7, 11) is 0. The summed E-state index contributed by atoms with van der Waals surface area (Å²) in [6.45, 7) is 0.446. The second kappa shape index (κ2) is 6.58. The Hall–Kier alpha value is -1.79. The lowest BCUT2D eigenvalue weighted by atomic mass is 10.2. The Morgan fingerprint density at radius 1 is 1.50 bits per heavy atom. The third-order valence-corrected chi connectivity index (χ3v) is 3.09. The fraction of sp³-hybridized carbons (Fsp3) is 0.385. The topological polar surface area (TPSA) is 76.1 Å². The molecule has 1 heterocycles. The van der Waals surface area contributed by atoms with Crippen molar-refractivity contribution in [1.82, 2.24) is 4.90 Å². The van der Waals surface area contributed by atoms with Gasteiger partial charge in [0.1, 0.15) is 5.75 Å². The van der Waals surface area contributed by atoms with Crippen LogP contribution in [0.3, 0.4) is 0 Å². The number of carboxylic acids is 1. The van der Waals surface area contributed by atoms with E-state index >= 15 is 0 Å². The summed E-state index contributed by atoms with van der Waals surface area (Å²) in [6, 6.07) is 6.72. The zero-order valence-corrected chi connectivity index (χ0v) is 11.4. The molecular weight excluding hydrogens is 286 g/mol. The summed E-state index contributed by atoms with van der Waals surface area (Å²) >= 11 is 5.81. The third-order valence-electron chi connectivity index (χ3n) is 2.85. The molecule has 20 heavy (non-hydrogen) atoms. The lowest BCUT2D eigenvalue weighted by Gasteiger charge is -2.30. The van der Waals surface area contributed by atoms with Crippen molar-refractivity contribution in [3.63, 3.8) is 0 Å². The van der Waals surface area contributed by atoms with Crippen molar-refractivity contribution in [3.05, 3.63) is 29.3 Å². The van der Waals surface area contributed by atoms with Crippen LogP contribution in [0.2, 0.25) is 5.02 Å². The first-order chi connectivity index (χ1) is 9.56. The van der Waals surface area contributed by atoms with Crippen LogP contribution in [0.4, 0.5) is 0 Å². The van der Waals surface area contributed by atoms with Gasteiger partial charge in [-0.2, -0.15) is 0 Å². The number of hydrogen-bond acceptors (Lipinski definition) is 4. The van der Waals surface area contributed by atoms with Crippen LogP contribution in [0.25, 0.3) is 0 Å². The first-order valence-corrected chi connectivity index (χ1v) is 6.44. The summed E-state index contributed by atoms with van der Waals surface area (Å²) in [5.74, 6) is -0.855. The quantitative estimate of drug-likeness (QED) is 0.898. The maximum atomic E-state index is 11.9. The van der Waals surface area contributed by atoms with Gasteiger partial charge in [0.15, 0.2) is 12.7 Å². The van der Waals surface area contributed by atoms with Gasteiger partial charge in [0, 0.05) is 11.6 Å². The number of aliphatic carboxylic acids is 1. The van der Waals surface area contributed by atoms with Gasteiger partial charge in [-0.25, -0.2) is 4.79 Å². The molecule has 1 N–H and O–H groups in total. The Kier molecular flexibility index (Phi) is 4.81. The molecule has 0 aliphatic carbocycles. The molecule has 1 saturated heterocycles. The number of ether oxygens (including phenoxy) is 2. The summed E-state index contributed by atoms with van der Waals surface area (Å²) in [4.78, 5) is 24.2. The van der Waals surface area contributed by atoms with E-state index < -0.39 is 12.1 Å². The normalized spacial score (nSPS) is 18.6. The molecule has 0 aromatic heterocycles. The number of hydrogen-bond donors (Lipinski definition) is 1. The molecule has 0 bridgehead atoms. The predicted molar refractivity (Wildman–Crippen MR) is 70.9 cm³/mol. The fourth-order valence-corrected chi connectivity index (χ4v) is 2.00. The number of rotatable bonds is 4. The number of amides is 1. The van der Waals surface area contributed by atoms with E-state index in [-0.39, 0.29) is 25.7 Å². The van der Waals surface area contributed by atoms with E-state index in [0.717, 1.165) is 0 Å². The predicted octanol–water partition coefficient (Wildman–Crippen LogP) is 1.03. The summed E-state index contributed by atoms with van der Waals surface area (Å²) < 4.78 is 10.4. The van der Waals surface area contributed by atoms with Crippen LogP contribution in [0.5, 0.6) is 5.75 Å². The number of morpholine rings is 1. The van der Waals surface area contributed by atoms with Crippen LogP contribution in [0.15, 0.2) is 24.3 Å². The van der Waals surface area contributed by atoms with E-state index in [4.69, 9.17) is 26.2 Å². The Morgan fingerprint density at radius 2 is 2.30 bits per heavy atom. The van der Waals surface area contributed by atoms with Gasteiger partial charge in [0.2, 0.25) is 0 Å². The van der Waals surface area contributed by atoms with Crippen molar-refractivity contribution in [3.8, 4) is 5.75 Å². The smallest absolute Gasteiger partial charge is 0.334 e. The number of halogens is 1. The van der Waals surface area contributed by atoms with E-state index in [1.54, 1.807) is 24.3 Å². The van der Waals surface area contributed by atoms with Gasteiger partial charge in [0.25, 0.3) is 5.91 Å². The Balaban J connectivity index is 1.87. The molecule has 1 fully saturated rings. The average Bonchev–Trinajstić information content (AvgIpc) is 2.45.